The van der Waals surface area contributed by atoms with E-state index in [1.54, 1.807) is 0 Å². The maximum Gasteiger partial charge on any atom is 0.227 e. The molecular weight excluding hydrogens is 248 g/mol. The molecule has 0 spiro atoms. The fourth-order valence-electron chi connectivity index (χ4n) is 3.59. The van der Waals surface area contributed by atoms with E-state index in [1.165, 1.54) is 36.8 Å². The number of rotatable bonds is 3. The van der Waals surface area contributed by atoms with Crippen LogP contribution >= 0.6 is 0 Å². The average Bonchev–Trinajstić information content (AvgIpc) is 2.94. The van der Waals surface area contributed by atoms with Crippen LogP contribution in [0.2, 0.25) is 0 Å². The highest BCUT2D eigenvalue weighted by molar-refractivity contribution is 5.79. The molecule has 1 heterocycles. The van der Waals surface area contributed by atoms with Crippen LogP contribution in [0.4, 0.5) is 0 Å². The van der Waals surface area contributed by atoms with Gasteiger partial charge in [0.1, 0.15) is 0 Å². The Morgan fingerprint density at radius 1 is 1.20 bits per heavy atom. The van der Waals surface area contributed by atoms with E-state index >= 15 is 0 Å². The van der Waals surface area contributed by atoms with E-state index in [-0.39, 0.29) is 11.9 Å². The molecule has 0 saturated carbocycles. The Morgan fingerprint density at radius 2 is 2.05 bits per heavy atom. The lowest BCUT2D eigenvalue weighted by Crippen LogP contribution is -2.48. The fourth-order valence-corrected chi connectivity index (χ4v) is 3.59. The Hall–Kier alpha value is -1.35. The van der Waals surface area contributed by atoms with E-state index in [0.717, 1.165) is 24.9 Å². The number of fused-ring (bicyclic) bond motifs is 1. The molecule has 3 rings (SSSR count). The number of amides is 1. The fraction of sp³-hybridized carbons (Fsp3) is 0.588. The average molecular weight is 272 g/mol. The Balaban J connectivity index is 1.69. The molecule has 1 amide bonds. The van der Waals surface area contributed by atoms with Crippen molar-refractivity contribution in [3.8, 4) is 0 Å². The number of piperidine rings is 1. The number of nitrogens with zero attached hydrogens (tertiary/aromatic N) is 1. The van der Waals surface area contributed by atoms with Gasteiger partial charge >= 0.3 is 0 Å². The molecule has 3 heteroatoms. The predicted octanol–water partition coefficient (Wildman–Crippen LogP) is 2.06. The van der Waals surface area contributed by atoms with Gasteiger partial charge in [0.2, 0.25) is 5.91 Å². The van der Waals surface area contributed by atoms with E-state index in [2.05, 4.69) is 18.2 Å². The van der Waals surface area contributed by atoms with E-state index < -0.39 is 0 Å². The minimum Gasteiger partial charge on any atom is -0.338 e. The number of likely N-dealkylation sites (tertiary alicyclic amines) is 1. The van der Waals surface area contributed by atoms with Gasteiger partial charge in [-0.05, 0) is 55.2 Å². The van der Waals surface area contributed by atoms with Crippen LogP contribution in [0.3, 0.4) is 0 Å². The molecule has 1 aromatic rings. The zero-order valence-electron chi connectivity index (χ0n) is 12.1. The van der Waals surface area contributed by atoms with Gasteiger partial charge in [0.15, 0.2) is 0 Å². The first-order chi connectivity index (χ1) is 9.78. The summed E-state index contributed by atoms with van der Waals surface area (Å²) >= 11 is 0. The third-order valence-electron chi connectivity index (χ3n) is 4.74. The van der Waals surface area contributed by atoms with Crippen molar-refractivity contribution in [2.75, 3.05) is 13.1 Å². The second-order valence-electron chi connectivity index (χ2n) is 6.11. The third-order valence-corrected chi connectivity index (χ3v) is 4.74. The van der Waals surface area contributed by atoms with Gasteiger partial charge in [0.25, 0.3) is 0 Å². The molecule has 1 aromatic carbocycles. The highest BCUT2D eigenvalue weighted by Crippen LogP contribution is 2.24. The summed E-state index contributed by atoms with van der Waals surface area (Å²) in [5.41, 5.74) is 9.89. The van der Waals surface area contributed by atoms with Gasteiger partial charge in [-0.1, -0.05) is 18.2 Å². The van der Waals surface area contributed by atoms with Crippen molar-refractivity contribution in [1.29, 1.82) is 0 Å². The summed E-state index contributed by atoms with van der Waals surface area (Å²) in [7, 11) is 0. The molecule has 0 radical (unpaired) electrons. The van der Waals surface area contributed by atoms with Crippen LogP contribution in [0, 0.1) is 0 Å². The number of hydrogen-bond donors (Lipinski definition) is 1. The van der Waals surface area contributed by atoms with Gasteiger partial charge in [-0.3, -0.25) is 4.79 Å². The van der Waals surface area contributed by atoms with Gasteiger partial charge in [-0.25, -0.2) is 0 Å². The van der Waals surface area contributed by atoms with Gasteiger partial charge in [-0.15, -0.1) is 0 Å². The van der Waals surface area contributed by atoms with Crippen LogP contribution in [0.25, 0.3) is 0 Å². The monoisotopic (exact) mass is 272 g/mol. The van der Waals surface area contributed by atoms with Crippen molar-refractivity contribution in [2.24, 2.45) is 5.73 Å². The Morgan fingerprint density at radius 3 is 2.90 bits per heavy atom. The SMILES string of the molecule is NCC1CCCCN1C(=O)Cc1ccc2c(c1)CCC2. The summed E-state index contributed by atoms with van der Waals surface area (Å²) in [6.45, 7) is 1.47. The third kappa shape index (κ3) is 2.73. The number of benzene rings is 1. The lowest BCUT2D eigenvalue weighted by atomic mass is 9.99. The molecular formula is C17H24N2O. The van der Waals surface area contributed by atoms with Crippen LogP contribution in [-0.4, -0.2) is 29.9 Å². The molecule has 2 aliphatic rings. The summed E-state index contributed by atoms with van der Waals surface area (Å²) in [4.78, 5) is 14.5. The predicted molar refractivity (Wildman–Crippen MR) is 80.6 cm³/mol. The van der Waals surface area contributed by atoms with Crippen molar-refractivity contribution in [3.05, 3.63) is 34.9 Å². The molecule has 108 valence electrons. The number of carbonyl (C=O) groups is 1. The highest BCUT2D eigenvalue weighted by atomic mass is 16.2. The molecule has 1 fully saturated rings. The maximum absolute atomic E-state index is 12.5. The number of hydrogen-bond acceptors (Lipinski definition) is 2. The minimum atomic E-state index is 0.248. The van der Waals surface area contributed by atoms with Crippen LogP contribution in [0.15, 0.2) is 18.2 Å². The van der Waals surface area contributed by atoms with Crippen LogP contribution in [0.1, 0.15) is 42.4 Å². The van der Waals surface area contributed by atoms with Crippen LogP contribution < -0.4 is 5.73 Å². The lowest BCUT2D eigenvalue weighted by molar-refractivity contribution is -0.133. The molecule has 2 N–H and O–H groups in total. The Bertz CT molecular complexity index is 498. The topological polar surface area (TPSA) is 46.3 Å². The first kappa shape index (κ1) is 13.6. The smallest absolute Gasteiger partial charge is 0.227 e. The van der Waals surface area contributed by atoms with Crippen LogP contribution in [-0.2, 0) is 24.1 Å². The molecule has 0 aromatic heterocycles. The molecule has 1 atom stereocenters. The summed E-state index contributed by atoms with van der Waals surface area (Å²) in [5, 5.41) is 0. The van der Waals surface area contributed by atoms with E-state index in [4.69, 9.17) is 5.73 Å². The number of nitrogens with two attached hydrogens (primary N) is 1. The van der Waals surface area contributed by atoms with Gasteiger partial charge < -0.3 is 10.6 Å². The first-order valence-electron chi connectivity index (χ1n) is 7.88. The zero-order valence-corrected chi connectivity index (χ0v) is 12.1. The van der Waals surface area contributed by atoms with E-state index in [9.17, 15) is 4.79 Å². The van der Waals surface area contributed by atoms with E-state index in [1.807, 2.05) is 4.90 Å². The Kier molecular flexibility index (Phi) is 4.06. The van der Waals surface area contributed by atoms with Gasteiger partial charge in [-0.2, -0.15) is 0 Å². The minimum absolute atomic E-state index is 0.248. The van der Waals surface area contributed by atoms with Gasteiger partial charge in [0, 0.05) is 19.1 Å². The largest absolute Gasteiger partial charge is 0.338 e. The zero-order chi connectivity index (χ0) is 13.9. The van der Waals surface area contributed by atoms with Gasteiger partial charge in [0.05, 0.1) is 6.42 Å². The quantitative estimate of drug-likeness (QED) is 0.915. The summed E-state index contributed by atoms with van der Waals surface area (Å²) in [6.07, 6.45) is 7.54. The summed E-state index contributed by atoms with van der Waals surface area (Å²) in [6, 6.07) is 6.83. The van der Waals surface area contributed by atoms with Crippen molar-refractivity contribution in [1.82, 2.24) is 4.90 Å². The molecule has 1 aliphatic carbocycles. The van der Waals surface area contributed by atoms with E-state index in [0.29, 0.717) is 13.0 Å². The number of aryl methyl sites for hydroxylation is 2. The second-order valence-corrected chi connectivity index (χ2v) is 6.11. The summed E-state index contributed by atoms with van der Waals surface area (Å²) in [5.74, 6) is 0.248. The summed E-state index contributed by atoms with van der Waals surface area (Å²) < 4.78 is 0. The normalized spacial score (nSPS) is 21.9. The second kappa shape index (κ2) is 5.96. The Labute approximate surface area is 121 Å². The molecule has 1 aliphatic heterocycles. The maximum atomic E-state index is 12.5. The standard InChI is InChI=1S/C17H24N2O/c18-12-16-6-1-2-9-19(16)17(20)11-13-7-8-14-4-3-5-15(14)10-13/h7-8,10,16H,1-6,9,11-12,18H2. The molecule has 1 saturated heterocycles. The lowest BCUT2D eigenvalue weighted by Gasteiger charge is -2.35. The van der Waals surface area contributed by atoms with Crippen molar-refractivity contribution in [3.63, 3.8) is 0 Å². The molecule has 0 bridgehead atoms. The van der Waals surface area contributed by atoms with Crippen molar-refractivity contribution >= 4 is 5.91 Å². The van der Waals surface area contributed by atoms with Crippen molar-refractivity contribution in [2.45, 2.75) is 51.0 Å². The highest BCUT2D eigenvalue weighted by Gasteiger charge is 2.25. The molecule has 3 nitrogen and oxygen atoms in total. The first-order valence-corrected chi connectivity index (χ1v) is 7.88. The van der Waals surface area contributed by atoms with Crippen LogP contribution in [0.5, 0.6) is 0 Å². The molecule has 20 heavy (non-hydrogen) atoms. The molecule has 1 unspecified atom stereocenters. The van der Waals surface area contributed by atoms with Crippen molar-refractivity contribution < 1.29 is 4.79 Å². The number of carbonyl (C=O) groups excluding carboxylic acids is 1.